The molecule has 0 aliphatic carbocycles. The summed E-state index contributed by atoms with van der Waals surface area (Å²) < 4.78 is 13.2. The van der Waals surface area contributed by atoms with Crippen LogP contribution in [0.2, 0.25) is 5.02 Å². The van der Waals surface area contributed by atoms with Crippen LogP contribution < -0.4 is 0 Å². The fourth-order valence-electron chi connectivity index (χ4n) is 1.56. The van der Waals surface area contributed by atoms with Crippen molar-refractivity contribution in [3.8, 4) is 16.9 Å². The van der Waals surface area contributed by atoms with Gasteiger partial charge in [0.15, 0.2) is 0 Å². The van der Waals surface area contributed by atoms with E-state index in [1.54, 1.807) is 31.2 Å². The van der Waals surface area contributed by atoms with Crippen molar-refractivity contribution in [1.82, 2.24) is 0 Å². The van der Waals surface area contributed by atoms with Gasteiger partial charge in [0, 0.05) is 5.02 Å². The van der Waals surface area contributed by atoms with Crippen molar-refractivity contribution in [1.29, 1.82) is 0 Å². The number of halogens is 2. The lowest BCUT2D eigenvalue weighted by atomic mass is 10.0. The zero-order valence-corrected chi connectivity index (χ0v) is 9.42. The quantitative estimate of drug-likeness (QED) is 0.788. The number of phenolic OH excluding ortho intramolecular Hbond substituents is 1. The van der Waals surface area contributed by atoms with Gasteiger partial charge in [-0.25, -0.2) is 4.39 Å². The number of aromatic hydroxyl groups is 1. The standard InChI is InChI=1S/C13H10ClFO/c1-8-4-9(2-3-13(8)16)10-5-11(14)7-12(15)6-10/h2-7,16H,1H3. The predicted molar refractivity (Wildman–Crippen MR) is 63.2 cm³/mol. The third kappa shape index (κ3) is 2.17. The molecule has 2 rings (SSSR count). The first-order valence-electron chi connectivity index (χ1n) is 4.82. The Hall–Kier alpha value is -1.54. The van der Waals surface area contributed by atoms with Crippen molar-refractivity contribution < 1.29 is 9.50 Å². The molecule has 16 heavy (non-hydrogen) atoms. The van der Waals surface area contributed by atoms with Crippen LogP contribution in [0.3, 0.4) is 0 Å². The molecule has 0 aromatic heterocycles. The molecule has 0 aliphatic heterocycles. The summed E-state index contributed by atoms with van der Waals surface area (Å²) in [6.07, 6.45) is 0. The van der Waals surface area contributed by atoms with Crippen LogP contribution in [0.25, 0.3) is 11.1 Å². The second-order valence-electron chi connectivity index (χ2n) is 3.66. The summed E-state index contributed by atoms with van der Waals surface area (Å²) >= 11 is 5.78. The normalized spacial score (nSPS) is 10.4. The lowest BCUT2D eigenvalue weighted by Gasteiger charge is -2.05. The molecule has 3 heteroatoms. The highest BCUT2D eigenvalue weighted by Crippen LogP contribution is 2.27. The molecular formula is C13H10ClFO. The summed E-state index contributed by atoms with van der Waals surface area (Å²) in [4.78, 5) is 0. The van der Waals surface area contributed by atoms with Gasteiger partial charge in [0.25, 0.3) is 0 Å². The van der Waals surface area contributed by atoms with Crippen molar-refractivity contribution in [2.24, 2.45) is 0 Å². The molecule has 0 atom stereocenters. The van der Waals surface area contributed by atoms with Crippen molar-refractivity contribution in [2.75, 3.05) is 0 Å². The van der Waals surface area contributed by atoms with E-state index in [0.29, 0.717) is 10.6 Å². The van der Waals surface area contributed by atoms with Crippen molar-refractivity contribution in [2.45, 2.75) is 6.92 Å². The molecule has 1 nitrogen and oxygen atoms in total. The Bertz CT molecular complexity index is 517. The Labute approximate surface area is 98.1 Å². The molecule has 82 valence electrons. The monoisotopic (exact) mass is 236 g/mol. The van der Waals surface area contributed by atoms with Gasteiger partial charge in [-0.1, -0.05) is 17.7 Å². The summed E-state index contributed by atoms with van der Waals surface area (Å²) in [5.41, 5.74) is 2.28. The average molecular weight is 237 g/mol. The third-order valence-electron chi connectivity index (χ3n) is 2.39. The zero-order valence-electron chi connectivity index (χ0n) is 8.67. The number of phenols is 1. The molecule has 1 N–H and O–H groups in total. The minimum Gasteiger partial charge on any atom is -0.508 e. The SMILES string of the molecule is Cc1cc(-c2cc(F)cc(Cl)c2)ccc1O. The highest BCUT2D eigenvalue weighted by Gasteiger charge is 2.04. The highest BCUT2D eigenvalue weighted by molar-refractivity contribution is 6.30. The largest absolute Gasteiger partial charge is 0.508 e. The number of hydrogen-bond acceptors (Lipinski definition) is 1. The fourth-order valence-corrected chi connectivity index (χ4v) is 1.78. The molecule has 0 bridgehead atoms. The number of rotatable bonds is 1. The van der Waals surface area contributed by atoms with Gasteiger partial charge >= 0.3 is 0 Å². The molecule has 0 amide bonds. The number of hydrogen-bond donors (Lipinski definition) is 1. The van der Waals surface area contributed by atoms with E-state index in [1.165, 1.54) is 12.1 Å². The van der Waals surface area contributed by atoms with Crippen LogP contribution in [-0.4, -0.2) is 5.11 Å². The van der Waals surface area contributed by atoms with E-state index in [2.05, 4.69) is 0 Å². The molecule has 2 aromatic carbocycles. The van der Waals surface area contributed by atoms with Gasteiger partial charge in [-0.15, -0.1) is 0 Å². The first kappa shape index (κ1) is 11.0. The Balaban J connectivity index is 2.54. The maximum absolute atomic E-state index is 13.2. The fraction of sp³-hybridized carbons (Fsp3) is 0.0769. The van der Waals surface area contributed by atoms with Gasteiger partial charge in [0.05, 0.1) is 0 Å². The van der Waals surface area contributed by atoms with E-state index < -0.39 is 0 Å². The van der Waals surface area contributed by atoms with Gasteiger partial charge in [-0.2, -0.15) is 0 Å². The van der Waals surface area contributed by atoms with Gasteiger partial charge in [-0.05, 0) is 53.9 Å². The Morgan fingerprint density at radius 1 is 1.06 bits per heavy atom. The first-order valence-corrected chi connectivity index (χ1v) is 5.20. The number of benzene rings is 2. The molecule has 0 saturated carbocycles. The van der Waals surface area contributed by atoms with Gasteiger partial charge in [0.2, 0.25) is 0 Å². The van der Waals surface area contributed by atoms with Crippen LogP contribution in [-0.2, 0) is 0 Å². The third-order valence-corrected chi connectivity index (χ3v) is 2.61. The van der Waals surface area contributed by atoms with E-state index in [-0.39, 0.29) is 11.6 Å². The van der Waals surface area contributed by atoms with E-state index in [4.69, 9.17) is 11.6 Å². The smallest absolute Gasteiger partial charge is 0.125 e. The molecule has 2 aromatic rings. The van der Waals surface area contributed by atoms with Crippen molar-refractivity contribution in [3.63, 3.8) is 0 Å². The number of aryl methyl sites for hydroxylation is 1. The van der Waals surface area contributed by atoms with Crippen LogP contribution in [0.4, 0.5) is 4.39 Å². The molecule has 0 saturated heterocycles. The highest BCUT2D eigenvalue weighted by atomic mass is 35.5. The molecule has 0 fully saturated rings. The topological polar surface area (TPSA) is 20.2 Å². The van der Waals surface area contributed by atoms with Crippen LogP contribution in [0.5, 0.6) is 5.75 Å². The van der Waals surface area contributed by atoms with E-state index in [1.807, 2.05) is 0 Å². The van der Waals surface area contributed by atoms with Gasteiger partial charge in [0.1, 0.15) is 11.6 Å². The van der Waals surface area contributed by atoms with E-state index in [9.17, 15) is 9.50 Å². The van der Waals surface area contributed by atoms with Crippen molar-refractivity contribution >= 4 is 11.6 Å². The van der Waals surface area contributed by atoms with E-state index in [0.717, 1.165) is 11.1 Å². The Kier molecular flexibility index (Phi) is 2.84. The average Bonchev–Trinajstić information content (AvgIpc) is 2.20. The van der Waals surface area contributed by atoms with Crippen LogP contribution in [0, 0.1) is 12.7 Å². The van der Waals surface area contributed by atoms with Crippen LogP contribution >= 0.6 is 11.6 Å². The lowest BCUT2D eigenvalue weighted by Crippen LogP contribution is -1.83. The minimum atomic E-state index is -0.367. The Morgan fingerprint density at radius 2 is 1.81 bits per heavy atom. The second-order valence-corrected chi connectivity index (χ2v) is 4.10. The molecule has 0 unspecified atom stereocenters. The molecule has 0 heterocycles. The molecule has 0 radical (unpaired) electrons. The predicted octanol–water partition coefficient (Wildman–Crippen LogP) is 4.16. The van der Waals surface area contributed by atoms with Gasteiger partial charge < -0.3 is 5.11 Å². The minimum absolute atomic E-state index is 0.228. The lowest BCUT2D eigenvalue weighted by molar-refractivity contribution is 0.471. The van der Waals surface area contributed by atoms with Gasteiger partial charge in [-0.3, -0.25) is 0 Å². The molecule has 0 aliphatic rings. The summed E-state index contributed by atoms with van der Waals surface area (Å²) in [5, 5.41) is 9.76. The molecular weight excluding hydrogens is 227 g/mol. The maximum atomic E-state index is 13.2. The Morgan fingerprint density at radius 3 is 2.44 bits per heavy atom. The second kappa shape index (κ2) is 4.14. The summed E-state index contributed by atoms with van der Waals surface area (Å²) in [7, 11) is 0. The van der Waals surface area contributed by atoms with Crippen LogP contribution in [0.15, 0.2) is 36.4 Å². The van der Waals surface area contributed by atoms with Crippen LogP contribution in [0.1, 0.15) is 5.56 Å². The summed E-state index contributed by atoms with van der Waals surface area (Å²) in [6.45, 7) is 1.79. The zero-order chi connectivity index (χ0) is 11.7. The van der Waals surface area contributed by atoms with Crippen molar-refractivity contribution in [3.05, 3.63) is 52.8 Å². The first-order chi connectivity index (χ1) is 7.56. The maximum Gasteiger partial charge on any atom is 0.125 e. The summed E-state index contributed by atoms with van der Waals surface area (Å²) in [5.74, 6) is -0.139. The van der Waals surface area contributed by atoms with E-state index >= 15 is 0 Å². The summed E-state index contributed by atoms with van der Waals surface area (Å²) in [6, 6.07) is 9.48. The molecule has 0 spiro atoms.